The van der Waals surface area contributed by atoms with Gasteiger partial charge in [0.1, 0.15) is 11.3 Å². The van der Waals surface area contributed by atoms with Gasteiger partial charge in [-0.1, -0.05) is 55.1 Å². The van der Waals surface area contributed by atoms with Crippen molar-refractivity contribution in [3.63, 3.8) is 0 Å². The van der Waals surface area contributed by atoms with Gasteiger partial charge in [-0.3, -0.25) is 0 Å². The quantitative estimate of drug-likeness (QED) is 0.793. The summed E-state index contributed by atoms with van der Waals surface area (Å²) in [4.78, 5) is 11.6. The second kappa shape index (κ2) is 5.69. The number of aromatic nitrogens is 2. The molecule has 0 spiro atoms. The molecule has 4 heteroatoms. The van der Waals surface area contributed by atoms with Crippen molar-refractivity contribution in [1.29, 1.82) is 0 Å². The Kier molecular flexibility index (Phi) is 3.58. The van der Waals surface area contributed by atoms with Gasteiger partial charge in [-0.05, 0) is 17.7 Å². The van der Waals surface area contributed by atoms with Gasteiger partial charge in [-0.25, -0.2) is 9.48 Å². The number of aromatic carboxylic acids is 1. The maximum absolute atomic E-state index is 11.6. The van der Waals surface area contributed by atoms with E-state index in [0.29, 0.717) is 5.69 Å². The van der Waals surface area contributed by atoms with Crippen molar-refractivity contribution in [2.45, 2.75) is 0 Å². The summed E-state index contributed by atoms with van der Waals surface area (Å²) in [6, 6.07) is 16.9. The van der Waals surface area contributed by atoms with Gasteiger partial charge >= 0.3 is 5.97 Å². The van der Waals surface area contributed by atoms with E-state index in [1.807, 2.05) is 54.6 Å². The first-order valence-electron chi connectivity index (χ1n) is 6.81. The van der Waals surface area contributed by atoms with Crippen molar-refractivity contribution in [1.82, 2.24) is 9.78 Å². The molecular formula is C18H14N2O2. The largest absolute Gasteiger partial charge is 0.478 e. The fraction of sp³-hybridized carbons (Fsp3) is 0. The zero-order chi connectivity index (χ0) is 15.5. The van der Waals surface area contributed by atoms with Crippen molar-refractivity contribution in [2.75, 3.05) is 0 Å². The van der Waals surface area contributed by atoms with Crippen LogP contribution in [0, 0.1) is 0 Å². The Hall–Kier alpha value is -3.14. The molecule has 0 radical (unpaired) electrons. The van der Waals surface area contributed by atoms with Gasteiger partial charge in [0.2, 0.25) is 0 Å². The van der Waals surface area contributed by atoms with Gasteiger partial charge in [0.15, 0.2) is 0 Å². The van der Waals surface area contributed by atoms with Crippen LogP contribution in [0.1, 0.15) is 15.9 Å². The van der Waals surface area contributed by atoms with Crippen LogP contribution >= 0.6 is 0 Å². The number of carboxylic acid groups (broad SMARTS) is 1. The zero-order valence-electron chi connectivity index (χ0n) is 11.8. The average Bonchev–Trinajstić information content (AvgIpc) is 3.01. The maximum Gasteiger partial charge on any atom is 0.339 e. The molecule has 3 aromatic rings. The third kappa shape index (κ3) is 2.42. The Morgan fingerprint density at radius 2 is 1.77 bits per heavy atom. The topological polar surface area (TPSA) is 55.1 Å². The van der Waals surface area contributed by atoms with Crippen LogP contribution in [0.4, 0.5) is 0 Å². The summed E-state index contributed by atoms with van der Waals surface area (Å²) in [7, 11) is 0. The number of nitrogens with zero attached hydrogens (tertiary/aromatic N) is 2. The zero-order valence-corrected chi connectivity index (χ0v) is 11.8. The molecule has 0 unspecified atom stereocenters. The van der Waals surface area contributed by atoms with Crippen LogP contribution in [-0.2, 0) is 0 Å². The van der Waals surface area contributed by atoms with E-state index in [4.69, 9.17) is 0 Å². The molecule has 0 aliphatic heterocycles. The molecule has 3 rings (SSSR count). The fourth-order valence-corrected chi connectivity index (χ4v) is 2.33. The summed E-state index contributed by atoms with van der Waals surface area (Å²) in [6.07, 6.45) is 3.23. The van der Waals surface area contributed by atoms with Gasteiger partial charge in [0.25, 0.3) is 0 Å². The van der Waals surface area contributed by atoms with Gasteiger partial charge in [-0.15, -0.1) is 0 Å². The standard InChI is InChI=1S/C18H14N2O2/c1-2-13-8-6-7-11-15(13)17-16(18(21)22)12-20(19-17)14-9-4-3-5-10-14/h2-12H,1H2,(H,21,22). The lowest BCUT2D eigenvalue weighted by molar-refractivity contribution is 0.0697. The van der Waals surface area contributed by atoms with Crippen LogP contribution in [0.25, 0.3) is 23.0 Å². The van der Waals surface area contributed by atoms with Crippen molar-refractivity contribution in [3.8, 4) is 16.9 Å². The fourth-order valence-electron chi connectivity index (χ4n) is 2.33. The molecule has 0 aliphatic carbocycles. The number of benzene rings is 2. The SMILES string of the molecule is C=Cc1ccccc1-c1nn(-c2ccccc2)cc1C(=O)O. The number of rotatable bonds is 4. The summed E-state index contributed by atoms with van der Waals surface area (Å²) in [5, 5.41) is 13.9. The van der Waals surface area contributed by atoms with E-state index in [9.17, 15) is 9.90 Å². The van der Waals surface area contributed by atoms with Crippen molar-refractivity contribution < 1.29 is 9.90 Å². The van der Waals surface area contributed by atoms with Gasteiger partial charge in [0, 0.05) is 11.8 Å². The first kappa shape index (κ1) is 13.8. The number of hydrogen-bond donors (Lipinski definition) is 1. The van der Waals surface area contributed by atoms with E-state index >= 15 is 0 Å². The molecule has 0 bridgehead atoms. The highest BCUT2D eigenvalue weighted by molar-refractivity contribution is 5.96. The Morgan fingerprint density at radius 3 is 2.45 bits per heavy atom. The van der Waals surface area contributed by atoms with Crippen molar-refractivity contribution in [3.05, 3.63) is 78.5 Å². The summed E-state index contributed by atoms with van der Waals surface area (Å²) < 4.78 is 1.58. The highest BCUT2D eigenvalue weighted by Crippen LogP contribution is 2.27. The van der Waals surface area contributed by atoms with Gasteiger partial charge in [0.05, 0.1) is 5.69 Å². The Morgan fingerprint density at radius 1 is 1.09 bits per heavy atom. The average molecular weight is 290 g/mol. The number of hydrogen-bond acceptors (Lipinski definition) is 2. The summed E-state index contributed by atoms with van der Waals surface area (Å²) in [5.74, 6) is -1.00. The van der Waals surface area contributed by atoms with E-state index in [1.165, 1.54) is 6.20 Å². The van der Waals surface area contributed by atoms with Crippen molar-refractivity contribution >= 4 is 12.0 Å². The molecule has 4 nitrogen and oxygen atoms in total. The van der Waals surface area contributed by atoms with Crippen LogP contribution in [0.3, 0.4) is 0 Å². The van der Waals surface area contributed by atoms with Crippen molar-refractivity contribution in [2.24, 2.45) is 0 Å². The van der Waals surface area contributed by atoms with Crippen LogP contribution in [-0.4, -0.2) is 20.9 Å². The minimum atomic E-state index is -1.00. The number of carbonyl (C=O) groups is 1. The van der Waals surface area contributed by atoms with Gasteiger partial charge < -0.3 is 5.11 Å². The summed E-state index contributed by atoms with van der Waals surface area (Å²) in [6.45, 7) is 3.77. The summed E-state index contributed by atoms with van der Waals surface area (Å²) >= 11 is 0. The minimum absolute atomic E-state index is 0.165. The van der Waals surface area contributed by atoms with E-state index in [-0.39, 0.29) is 5.56 Å². The molecule has 1 aromatic heterocycles. The third-order valence-corrected chi connectivity index (χ3v) is 3.40. The first-order chi connectivity index (χ1) is 10.7. The second-order valence-corrected chi connectivity index (χ2v) is 4.77. The molecule has 1 N–H and O–H groups in total. The minimum Gasteiger partial charge on any atom is -0.478 e. The Labute approximate surface area is 128 Å². The Bertz CT molecular complexity index is 835. The highest BCUT2D eigenvalue weighted by atomic mass is 16.4. The van der Waals surface area contributed by atoms with Crippen LogP contribution in [0.15, 0.2) is 67.4 Å². The molecule has 0 atom stereocenters. The van der Waals surface area contributed by atoms with Gasteiger partial charge in [-0.2, -0.15) is 5.10 Å². The predicted molar refractivity (Wildman–Crippen MR) is 86.1 cm³/mol. The highest BCUT2D eigenvalue weighted by Gasteiger charge is 2.19. The lowest BCUT2D eigenvalue weighted by Gasteiger charge is -2.04. The number of carboxylic acids is 1. The molecule has 0 saturated heterocycles. The lowest BCUT2D eigenvalue weighted by Crippen LogP contribution is -1.97. The normalized spacial score (nSPS) is 10.4. The molecule has 0 aliphatic rings. The van der Waals surface area contributed by atoms with Crippen LogP contribution in [0.5, 0.6) is 0 Å². The number of para-hydroxylation sites is 1. The molecule has 108 valence electrons. The predicted octanol–water partition coefficient (Wildman–Crippen LogP) is 3.88. The molecule has 1 heterocycles. The first-order valence-corrected chi connectivity index (χ1v) is 6.81. The van der Waals surface area contributed by atoms with Crippen LogP contribution < -0.4 is 0 Å². The maximum atomic E-state index is 11.6. The van der Waals surface area contributed by atoms with E-state index in [2.05, 4.69) is 11.7 Å². The molecule has 0 fully saturated rings. The molecule has 22 heavy (non-hydrogen) atoms. The van der Waals surface area contributed by atoms with E-state index in [1.54, 1.807) is 10.8 Å². The molecule has 0 amide bonds. The Balaban J connectivity index is 2.21. The van der Waals surface area contributed by atoms with E-state index < -0.39 is 5.97 Å². The smallest absolute Gasteiger partial charge is 0.339 e. The summed E-state index contributed by atoms with van der Waals surface area (Å²) in [5.41, 5.74) is 3.02. The van der Waals surface area contributed by atoms with Crippen LogP contribution in [0.2, 0.25) is 0 Å². The molecule has 0 saturated carbocycles. The molecule has 2 aromatic carbocycles. The monoisotopic (exact) mass is 290 g/mol. The lowest BCUT2D eigenvalue weighted by atomic mass is 10.0. The van der Waals surface area contributed by atoms with E-state index in [0.717, 1.165) is 16.8 Å². The second-order valence-electron chi connectivity index (χ2n) is 4.77. The molecular weight excluding hydrogens is 276 g/mol. The third-order valence-electron chi connectivity index (χ3n) is 3.40.